The van der Waals surface area contributed by atoms with E-state index in [1.54, 1.807) is 7.11 Å². The van der Waals surface area contributed by atoms with Crippen LogP contribution in [-0.2, 0) is 21.4 Å². The molecular formula is C14H20ClNO4S. The van der Waals surface area contributed by atoms with E-state index in [4.69, 9.17) is 16.3 Å². The van der Waals surface area contributed by atoms with Gasteiger partial charge in [0.2, 0.25) is 10.0 Å². The van der Waals surface area contributed by atoms with Gasteiger partial charge in [-0.25, -0.2) is 8.42 Å². The fourth-order valence-electron chi connectivity index (χ4n) is 2.51. The summed E-state index contributed by atoms with van der Waals surface area (Å²) in [5.41, 5.74) is -0.0540. The Hall–Kier alpha value is -0.660. The lowest BCUT2D eigenvalue weighted by atomic mass is 9.96. The number of nitrogens with zero attached hydrogens (tertiary/aromatic N) is 1. The van der Waals surface area contributed by atoms with Gasteiger partial charge in [0, 0.05) is 25.2 Å². The molecule has 0 aliphatic carbocycles. The molecular weight excluding hydrogens is 314 g/mol. The van der Waals surface area contributed by atoms with Gasteiger partial charge in [0.05, 0.1) is 17.1 Å². The lowest BCUT2D eigenvalue weighted by molar-refractivity contribution is -0.0319. The van der Waals surface area contributed by atoms with Gasteiger partial charge in [-0.2, -0.15) is 4.31 Å². The van der Waals surface area contributed by atoms with E-state index in [0.717, 1.165) is 12.8 Å². The van der Waals surface area contributed by atoms with Crippen LogP contribution in [0.15, 0.2) is 23.1 Å². The molecule has 1 aromatic rings. The number of hydrogen-bond donors (Lipinski definition) is 1. The van der Waals surface area contributed by atoms with Crippen molar-refractivity contribution in [1.82, 2.24) is 4.31 Å². The molecule has 0 aromatic heterocycles. The molecule has 0 bridgehead atoms. The Morgan fingerprint density at radius 1 is 1.48 bits per heavy atom. The molecule has 21 heavy (non-hydrogen) atoms. The van der Waals surface area contributed by atoms with E-state index in [-0.39, 0.29) is 11.5 Å². The van der Waals surface area contributed by atoms with Crippen molar-refractivity contribution in [3.63, 3.8) is 0 Å². The summed E-state index contributed by atoms with van der Waals surface area (Å²) in [6.07, 6.45) is 1.59. The summed E-state index contributed by atoms with van der Waals surface area (Å²) >= 11 is 5.91. The van der Waals surface area contributed by atoms with Gasteiger partial charge in [-0.15, -0.1) is 0 Å². The summed E-state index contributed by atoms with van der Waals surface area (Å²) in [5, 5.41) is 9.59. The molecule has 0 saturated carbocycles. The van der Waals surface area contributed by atoms with Crippen molar-refractivity contribution in [2.24, 2.45) is 0 Å². The Kier molecular flexibility index (Phi) is 4.95. The Morgan fingerprint density at radius 3 is 2.81 bits per heavy atom. The normalized spacial score (nSPS) is 24.2. The summed E-state index contributed by atoms with van der Waals surface area (Å²) in [5.74, 6) is 0. The molecule has 1 atom stereocenters. The highest BCUT2D eigenvalue weighted by Gasteiger charge is 2.37. The van der Waals surface area contributed by atoms with Gasteiger partial charge in [-0.1, -0.05) is 11.6 Å². The molecule has 0 amide bonds. The van der Waals surface area contributed by atoms with Crippen molar-refractivity contribution in [3.05, 3.63) is 28.8 Å². The molecule has 1 N–H and O–H groups in total. The average molecular weight is 334 g/mol. The number of piperidine rings is 1. The highest BCUT2D eigenvalue weighted by atomic mass is 35.5. The molecule has 1 saturated heterocycles. The van der Waals surface area contributed by atoms with Gasteiger partial charge in [0.1, 0.15) is 0 Å². The molecule has 2 rings (SSSR count). The van der Waals surface area contributed by atoms with Crippen molar-refractivity contribution < 1.29 is 18.3 Å². The smallest absolute Gasteiger partial charge is 0.243 e. The Bertz CT molecular complexity index is 619. The molecule has 0 spiro atoms. The van der Waals surface area contributed by atoms with Gasteiger partial charge < -0.3 is 9.84 Å². The molecule has 0 radical (unpaired) electrons. The van der Waals surface area contributed by atoms with Crippen molar-refractivity contribution in [1.29, 1.82) is 0 Å². The minimum Gasteiger partial charge on any atom is -0.392 e. The largest absolute Gasteiger partial charge is 0.392 e. The number of sulfonamides is 1. The van der Waals surface area contributed by atoms with E-state index >= 15 is 0 Å². The summed E-state index contributed by atoms with van der Waals surface area (Å²) in [6.45, 7) is 2.41. The van der Waals surface area contributed by atoms with Crippen LogP contribution in [0, 0.1) is 0 Å². The average Bonchev–Trinajstić information content (AvgIpc) is 2.47. The zero-order chi connectivity index (χ0) is 15.7. The molecule has 1 aliphatic rings. The van der Waals surface area contributed by atoms with Crippen LogP contribution in [0.5, 0.6) is 0 Å². The maximum absolute atomic E-state index is 12.7. The SMILES string of the molecule is COC1(C)CCCN(S(=O)(=O)c2ccc(Cl)c(CO)c2)C1. The van der Waals surface area contributed by atoms with Crippen LogP contribution < -0.4 is 0 Å². The van der Waals surface area contributed by atoms with Crippen LogP contribution >= 0.6 is 11.6 Å². The molecule has 5 nitrogen and oxygen atoms in total. The van der Waals surface area contributed by atoms with Crippen molar-refractivity contribution in [2.45, 2.75) is 36.9 Å². The molecule has 118 valence electrons. The van der Waals surface area contributed by atoms with Crippen LogP contribution in [-0.4, -0.2) is 43.6 Å². The van der Waals surface area contributed by atoms with E-state index in [9.17, 15) is 13.5 Å². The standard InChI is InChI=1S/C14H20ClNO4S/c1-14(20-2)6-3-7-16(10-14)21(18,19)12-4-5-13(15)11(8-12)9-17/h4-5,8,17H,3,6-7,9-10H2,1-2H3. The minimum atomic E-state index is -3.61. The number of aliphatic hydroxyl groups excluding tert-OH is 1. The molecule has 1 unspecified atom stereocenters. The fourth-order valence-corrected chi connectivity index (χ4v) is 4.33. The summed E-state index contributed by atoms with van der Waals surface area (Å²) in [7, 11) is -2.01. The van der Waals surface area contributed by atoms with Crippen molar-refractivity contribution in [3.8, 4) is 0 Å². The van der Waals surface area contributed by atoms with Crippen LogP contribution in [0.2, 0.25) is 5.02 Å². The molecule has 1 aromatic carbocycles. The number of rotatable bonds is 4. The van der Waals surface area contributed by atoms with Gasteiger partial charge in [0.25, 0.3) is 0 Å². The number of halogens is 1. The third kappa shape index (κ3) is 3.40. The molecule has 7 heteroatoms. The van der Waals surface area contributed by atoms with Crippen LogP contribution in [0.1, 0.15) is 25.3 Å². The monoisotopic (exact) mass is 333 g/mol. The lowest BCUT2D eigenvalue weighted by Gasteiger charge is -2.38. The number of methoxy groups -OCH3 is 1. The number of ether oxygens (including phenoxy) is 1. The second-order valence-corrected chi connectivity index (χ2v) is 7.85. The third-order valence-corrected chi connectivity index (χ3v) is 6.15. The summed E-state index contributed by atoms with van der Waals surface area (Å²) in [4.78, 5) is 0.149. The van der Waals surface area contributed by atoms with E-state index in [1.807, 2.05) is 6.92 Å². The second-order valence-electron chi connectivity index (χ2n) is 5.51. The van der Waals surface area contributed by atoms with E-state index in [2.05, 4.69) is 0 Å². The molecule has 1 aliphatic heterocycles. The predicted octanol–water partition coefficient (Wildman–Crippen LogP) is 2.02. The van der Waals surface area contributed by atoms with Gasteiger partial charge >= 0.3 is 0 Å². The number of benzene rings is 1. The second kappa shape index (κ2) is 6.22. The highest BCUT2D eigenvalue weighted by Crippen LogP contribution is 2.29. The fraction of sp³-hybridized carbons (Fsp3) is 0.571. The van der Waals surface area contributed by atoms with Crippen molar-refractivity contribution >= 4 is 21.6 Å². The predicted molar refractivity (Wildman–Crippen MR) is 80.8 cm³/mol. The number of aliphatic hydroxyl groups is 1. The molecule has 1 fully saturated rings. The van der Waals surface area contributed by atoms with E-state index in [0.29, 0.717) is 23.7 Å². The first kappa shape index (κ1) is 16.7. The van der Waals surface area contributed by atoms with Crippen LogP contribution in [0.3, 0.4) is 0 Å². The summed E-state index contributed by atoms with van der Waals surface area (Å²) in [6, 6.07) is 4.39. The number of hydrogen-bond acceptors (Lipinski definition) is 4. The van der Waals surface area contributed by atoms with Gasteiger partial charge in [0.15, 0.2) is 0 Å². The Balaban J connectivity index is 2.33. The quantitative estimate of drug-likeness (QED) is 0.915. The topological polar surface area (TPSA) is 66.8 Å². The Labute approximate surface area is 130 Å². The third-order valence-electron chi connectivity index (χ3n) is 3.94. The zero-order valence-corrected chi connectivity index (χ0v) is 13.7. The zero-order valence-electron chi connectivity index (χ0n) is 12.2. The van der Waals surface area contributed by atoms with E-state index in [1.165, 1.54) is 22.5 Å². The first-order valence-electron chi connectivity index (χ1n) is 6.77. The van der Waals surface area contributed by atoms with Gasteiger partial charge in [-0.3, -0.25) is 0 Å². The first-order valence-corrected chi connectivity index (χ1v) is 8.59. The highest BCUT2D eigenvalue weighted by molar-refractivity contribution is 7.89. The molecule has 1 heterocycles. The maximum Gasteiger partial charge on any atom is 0.243 e. The Morgan fingerprint density at radius 2 is 2.19 bits per heavy atom. The lowest BCUT2D eigenvalue weighted by Crippen LogP contribution is -2.49. The van der Waals surface area contributed by atoms with E-state index < -0.39 is 15.6 Å². The summed E-state index contributed by atoms with van der Waals surface area (Å²) < 4.78 is 32.3. The van der Waals surface area contributed by atoms with Crippen LogP contribution in [0.25, 0.3) is 0 Å². The minimum absolute atomic E-state index is 0.149. The van der Waals surface area contributed by atoms with Crippen molar-refractivity contribution in [2.75, 3.05) is 20.2 Å². The van der Waals surface area contributed by atoms with Gasteiger partial charge in [-0.05, 0) is 43.5 Å². The maximum atomic E-state index is 12.7. The first-order chi connectivity index (χ1) is 9.82. The van der Waals surface area contributed by atoms with Crippen LogP contribution in [0.4, 0.5) is 0 Å².